The molecule has 0 atom stereocenters. The molecule has 2 rings (SSSR count). The fraction of sp³-hybridized carbons (Fsp3) is 0. The van der Waals surface area contributed by atoms with E-state index < -0.39 is 5.82 Å². The van der Waals surface area contributed by atoms with Gasteiger partial charge in [0.05, 0.1) is 5.02 Å². The Morgan fingerprint density at radius 1 is 1.36 bits per heavy atom. The van der Waals surface area contributed by atoms with Crippen molar-refractivity contribution in [2.24, 2.45) is 0 Å². The predicted octanol–water partition coefficient (Wildman–Crippen LogP) is 3.76. The molecule has 0 amide bonds. The smallest absolute Gasteiger partial charge is 0.183 e. The van der Waals surface area contributed by atoms with Gasteiger partial charge in [0, 0.05) is 5.56 Å². The van der Waals surface area contributed by atoms with Gasteiger partial charge in [-0.2, -0.15) is 0 Å². The number of rotatable bonds is 1. The lowest BCUT2D eigenvalue weighted by Crippen LogP contribution is -1.80. The lowest BCUT2D eigenvalue weighted by molar-refractivity contribution is 0.629. The molecule has 72 valence electrons. The van der Waals surface area contributed by atoms with Crippen LogP contribution in [0.5, 0.6) is 0 Å². The molecule has 0 aliphatic heterocycles. The number of nitrogens with zero attached hydrogens (tertiary/aromatic N) is 2. The van der Waals surface area contributed by atoms with Crippen molar-refractivity contribution in [3.63, 3.8) is 0 Å². The first-order chi connectivity index (χ1) is 6.66. The predicted molar refractivity (Wildman–Crippen MR) is 58.0 cm³/mol. The molecule has 1 aromatic carbocycles. The molecule has 14 heavy (non-hydrogen) atoms. The Kier molecular flexibility index (Phi) is 2.80. The number of hydrogen-bond donors (Lipinski definition) is 0. The van der Waals surface area contributed by atoms with Crippen molar-refractivity contribution in [1.82, 2.24) is 10.2 Å². The summed E-state index contributed by atoms with van der Waals surface area (Å²) in [5, 5.41) is 8.41. The summed E-state index contributed by atoms with van der Waals surface area (Å²) in [6.45, 7) is 0. The fourth-order valence-electron chi connectivity index (χ4n) is 0.951. The molecule has 0 bridgehead atoms. The van der Waals surface area contributed by atoms with Gasteiger partial charge in [-0.1, -0.05) is 29.0 Å². The second kappa shape index (κ2) is 3.92. The number of hydrogen-bond acceptors (Lipinski definition) is 3. The van der Waals surface area contributed by atoms with Gasteiger partial charge in [-0.25, -0.2) is 4.39 Å². The van der Waals surface area contributed by atoms with Crippen molar-refractivity contribution in [2.75, 3.05) is 0 Å². The van der Waals surface area contributed by atoms with E-state index in [1.807, 2.05) is 0 Å². The molecule has 0 unspecified atom stereocenters. The SMILES string of the molecule is Fc1cc(-c2nnc(Br)s2)ccc1Cl. The summed E-state index contributed by atoms with van der Waals surface area (Å²) in [4.78, 5) is 0. The number of benzene rings is 1. The van der Waals surface area contributed by atoms with Crippen LogP contribution in [0, 0.1) is 5.82 Å². The molecule has 0 aliphatic rings. The van der Waals surface area contributed by atoms with Crippen LogP contribution < -0.4 is 0 Å². The maximum atomic E-state index is 13.1. The normalized spacial score (nSPS) is 10.5. The summed E-state index contributed by atoms with van der Waals surface area (Å²) in [6.07, 6.45) is 0. The standard InChI is InChI=1S/C8H3BrClFN2S/c9-8-13-12-7(14-8)4-1-2-5(10)6(11)3-4/h1-3H. The minimum absolute atomic E-state index is 0.109. The quantitative estimate of drug-likeness (QED) is 0.800. The zero-order valence-corrected chi connectivity index (χ0v) is 9.83. The lowest BCUT2D eigenvalue weighted by Gasteiger charge is -1.96. The lowest BCUT2D eigenvalue weighted by atomic mass is 10.2. The third-order valence-electron chi connectivity index (χ3n) is 1.57. The summed E-state index contributed by atoms with van der Waals surface area (Å²) < 4.78 is 13.8. The van der Waals surface area contributed by atoms with Crippen molar-refractivity contribution >= 4 is 38.9 Å². The minimum atomic E-state index is -0.449. The van der Waals surface area contributed by atoms with Crippen LogP contribution in [-0.2, 0) is 0 Å². The Morgan fingerprint density at radius 3 is 2.71 bits per heavy atom. The summed E-state index contributed by atoms with van der Waals surface area (Å²) in [7, 11) is 0. The summed E-state index contributed by atoms with van der Waals surface area (Å²) in [5.41, 5.74) is 0.676. The highest BCUT2D eigenvalue weighted by Gasteiger charge is 2.07. The second-order valence-corrected chi connectivity index (χ2v) is 5.15. The van der Waals surface area contributed by atoms with Gasteiger partial charge in [0.15, 0.2) is 3.92 Å². The summed E-state index contributed by atoms with van der Waals surface area (Å²) in [5.74, 6) is -0.449. The molecular weight excluding hydrogens is 291 g/mol. The van der Waals surface area contributed by atoms with E-state index in [1.54, 1.807) is 6.07 Å². The molecule has 1 heterocycles. The van der Waals surface area contributed by atoms with Gasteiger partial charge in [0.1, 0.15) is 10.8 Å². The van der Waals surface area contributed by atoms with Gasteiger partial charge in [-0.05, 0) is 28.1 Å². The molecule has 0 saturated carbocycles. The van der Waals surface area contributed by atoms with Crippen LogP contribution in [0.2, 0.25) is 5.02 Å². The second-order valence-electron chi connectivity index (χ2n) is 2.49. The van der Waals surface area contributed by atoms with Crippen LogP contribution in [0.25, 0.3) is 10.6 Å². The molecule has 0 aliphatic carbocycles. The summed E-state index contributed by atoms with van der Waals surface area (Å²) >= 11 is 10.1. The third-order valence-corrected chi connectivity index (χ3v) is 3.28. The van der Waals surface area contributed by atoms with E-state index in [1.165, 1.54) is 23.5 Å². The molecule has 0 fully saturated rings. The molecule has 0 N–H and O–H groups in total. The first-order valence-electron chi connectivity index (χ1n) is 3.61. The van der Waals surface area contributed by atoms with Gasteiger partial charge >= 0.3 is 0 Å². The van der Waals surface area contributed by atoms with Crippen LogP contribution in [0.4, 0.5) is 4.39 Å². The molecule has 0 radical (unpaired) electrons. The Bertz CT molecular complexity index is 474. The molecule has 1 aromatic heterocycles. The van der Waals surface area contributed by atoms with E-state index in [4.69, 9.17) is 11.6 Å². The van der Waals surface area contributed by atoms with Crippen LogP contribution in [0.1, 0.15) is 0 Å². The van der Waals surface area contributed by atoms with Crippen LogP contribution >= 0.6 is 38.9 Å². The van der Waals surface area contributed by atoms with Gasteiger partial charge in [-0.3, -0.25) is 0 Å². The highest BCUT2D eigenvalue weighted by molar-refractivity contribution is 9.11. The first-order valence-corrected chi connectivity index (χ1v) is 5.60. The van der Waals surface area contributed by atoms with Crippen LogP contribution in [-0.4, -0.2) is 10.2 Å². The van der Waals surface area contributed by atoms with Crippen molar-refractivity contribution < 1.29 is 4.39 Å². The van der Waals surface area contributed by atoms with Gasteiger partial charge in [-0.15, -0.1) is 10.2 Å². The molecule has 6 heteroatoms. The Balaban J connectivity index is 2.47. The Hall–Kier alpha value is -0.520. The van der Waals surface area contributed by atoms with E-state index >= 15 is 0 Å². The topological polar surface area (TPSA) is 25.8 Å². The van der Waals surface area contributed by atoms with E-state index in [2.05, 4.69) is 26.1 Å². The van der Waals surface area contributed by atoms with E-state index in [9.17, 15) is 4.39 Å². The Morgan fingerprint density at radius 2 is 2.14 bits per heavy atom. The molecule has 0 spiro atoms. The average molecular weight is 294 g/mol. The minimum Gasteiger partial charge on any atom is -0.205 e. The highest BCUT2D eigenvalue weighted by atomic mass is 79.9. The van der Waals surface area contributed by atoms with Crippen molar-refractivity contribution in [1.29, 1.82) is 0 Å². The van der Waals surface area contributed by atoms with Crippen molar-refractivity contribution in [2.45, 2.75) is 0 Å². The number of halogens is 3. The van der Waals surface area contributed by atoms with Gasteiger partial charge < -0.3 is 0 Å². The molecular formula is C8H3BrClFN2S. The van der Waals surface area contributed by atoms with Crippen LogP contribution in [0.15, 0.2) is 22.1 Å². The van der Waals surface area contributed by atoms with E-state index in [0.29, 0.717) is 14.5 Å². The molecule has 2 nitrogen and oxygen atoms in total. The van der Waals surface area contributed by atoms with Crippen molar-refractivity contribution in [3.05, 3.63) is 33.0 Å². The van der Waals surface area contributed by atoms with Crippen molar-refractivity contribution in [3.8, 4) is 10.6 Å². The highest BCUT2D eigenvalue weighted by Crippen LogP contribution is 2.28. The van der Waals surface area contributed by atoms with Gasteiger partial charge in [0.25, 0.3) is 0 Å². The summed E-state index contributed by atoms with van der Waals surface area (Å²) in [6, 6.07) is 4.55. The Labute approximate surface area is 96.9 Å². The molecule has 0 saturated heterocycles. The fourth-order valence-corrected chi connectivity index (χ4v) is 2.18. The van der Waals surface area contributed by atoms with Gasteiger partial charge in [0.2, 0.25) is 0 Å². The maximum Gasteiger partial charge on any atom is 0.183 e. The van der Waals surface area contributed by atoms with Crippen LogP contribution in [0.3, 0.4) is 0 Å². The zero-order chi connectivity index (χ0) is 10.1. The average Bonchev–Trinajstić information content (AvgIpc) is 2.57. The van der Waals surface area contributed by atoms with E-state index in [-0.39, 0.29) is 5.02 Å². The number of aromatic nitrogens is 2. The van der Waals surface area contributed by atoms with E-state index in [0.717, 1.165) is 0 Å². The maximum absolute atomic E-state index is 13.1. The molecule has 2 aromatic rings. The monoisotopic (exact) mass is 292 g/mol. The third kappa shape index (κ3) is 1.94. The largest absolute Gasteiger partial charge is 0.205 e. The first kappa shape index (κ1) is 10.0. The zero-order valence-electron chi connectivity index (χ0n) is 6.67.